The van der Waals surface area contributed by atoms with Crippen LogP contribution in [0.4, 0.5) is 10.2 Å². The second kappa shape index (κ2) is 8.68. The summed E-state index contributed by atoms with van der Waals surface area (Å²) >= 11 is 0. The number of hydrogen-bond acceptors (Lipinski definition) is 7. The van der Waals surface area contributed by atoms with Gasteiger partial charge in [-0.05, 0) is 56.7 Å². The molecule has 1 aliphatic carbocycles. The fourth-order valence-corrected chi connectivity index (χ4v) is 6.62. The van der Waals surface area contributed by atoms with E-state index in [1.54, 1.807) is 12.1 Å². The van der Waals surface area contributed by atoms with E-state index in [-0.39, 0.29) is 11.4 Å². The number of nitrogens with one attached hydrogen (secondary N) is 1. The van der Waals surface area contributed by atoms with Gasteiger partial charge in [-0.1, -0.05) is 0 Å². The van der Waals surface area contributed by atoms with Crippen LogP contribution in [0, 0.1) is 5.82 Å². The van der Waals surface area contributed by atoms with Gasteiger partial charge in [0.1, 0.15) is 41.6 Å². The number of benzene rings is 1. The molecule has 36 heavy (non-hydrogen) atoms. The summed E-state index contributed by atoms with van der Waals surface area (Å²) in [6.45, 7) is 4.78. The number of anilines is 1. The van der Waals surface area contributed by atoms with Crippen LogP contribution in [-0.2, 0) is 4.74 Å². The first-order valence-electron chi connectivity index (χ1n) is 13.2. The molecular formula is C27H33FN6O2. The summed E-state index contributed by atoms with van der Waals surface area (Å²) in [5.41, 5.74) is 8.09. The van der Waals surface area contributed by atoms with Crippen LogP contribution in [0.15, 0.2) is 30.7 Å². The van der Waals surface area contributed by atoms with Gasteiger partial charge in [0.2, 0.25) is 0 Å². The summed E-state index contributed by atoms with van der Waals surface area (Å²) in [6.07, 6.45) is 10.3. The first-order valence-corrected chi connectivity index (χ1v) is 13.2. The van der Waals surface area contributed by atoms with Gasteiger partial charge >= 0.3 is 0 Å². The third-order valence-corrected chi connectivity index (χ3v) is 8.78. The Bertz CT molecular complexity index is 1270. The van der Waals surface area contributed by atoms with Crippen LogP contribution in [0.1, 0.15) is 44.6 Å². The molecule has 3 aliphatic heterocycles. The molecule has 5 heterocycles. The van der Waals surface area contributed by atoms with Gasteiger partial charge in [0.05, 0.1) is 11.5 Å². The lowest BCUT2D eigenvalue weighted by atomic mass is 9.85. The van der Waals surface area contributed by atoms with Crippen LogP contribution in [0.3, 0.4) is 0 Å². The van der Waals surface area contributed by atoms with Crippen LogP contribution in [0.25, 0.3) is 22.2 Å². The molecule has 3 saturated heterocycles. The Balaban J connectivity index is 1.18. The summed E-state index contributed by atoms with van der Waals surface area (Å²) in [7, 11) is 0. The maximum Gasteiger partial charge on any atom is 0.146 e. The molecule has 3 aromatic rings. The van der Waals surface area contributed by atoms with Crippen LogP contribution in [0.2, 0.25) is 0 Å². The van der Waals surface area contributed by atoms with E-state index in [0.717, 1.165) is 70.4 Å². The van der Waals surface area contributed by atoms with Gasteiger partial charge in [-0.15, -0.1) is 0 Å². The second-order valence-corrected chi connectivity index (χ2v) is 10.9. The zero-order valence-corrected chi connectivity index (χ0v) is 20.5. The predicted octanol–water partition coefficient (Wildman–Crippen LogP) is 3.52. The monoisotopic (exact) mass is 492 g/mol. The van der Waals surface area contributed by atoms with Crippen molar-refractivity contribution in [3.05, 3.63) is 36.5 Å². The molecule has 0 unspecified atom stereocenters. The zero-order valence-electron chi connectivity index (χ0n) is 20.5. The standard InChI is InChI=1S/C27H33FN6O2/c28-23-2-1-20(35-15-27-5-3-19(36-27)4-6-27)13-21(23)22-14-34(26-24(22)25(29)31-16-32-26)18-11-17(12-18)33-9-7-30-8-10-33/h1-2,13-14,16-19,30H,3-12,15H2,(H2,29,31,32). The number of rotatable bonds is 6. The highest BCUT2D eigenvalue weighted by Gasteiger charge is 2.46. The fraction of sp³-hybridized carbons (Fsp3) is 0.556. The Morgan fingerprint density at radius 3 is 2.67 bits per heavy atom. The third-order valence-electron chi connectivity index (χ3n) is 8.78. The van der Waals surface area contributed by atoms with E-state index < -0.39 is 0 Å². The summed E-state index contributed by atoms with van der Waals surface area (Å²) in [5, 5.41) is 4.13. The number of piperazine rings is 1. The molecule has 0 amide bonds. The maximum atomic E-state index is 15.2. The summed E-state index contributed by atoms with van der Waals surface area (Å²) < 4.78 is 29.7. The van der Waals surface area contributed by atoms with Crippen molar-refractivity contribution in [2.45, 2.75) is 62.3 Å². The second-order valence-electron chi connectivity index (χ2n) is 10.9. The predicted molar refractivity (Wildman–Crippen MR) is 135 cm³/mol. The largest absolute Gasteiger partial charge is 0.491 e. The van der Waals surface area contributed by atoms with Crippen molar-refractivity contribution >= 4 is 16.9 Å². The van der Waals surface area contributed by atoms with Crippen LogP contribution < -0.4 is 15.8 Å². The van der Waals surface area contributed by atoms with E-state index in [0.29, 0.717) is 52.9 Å². The summed E-state index contributed by atoms with van der Waals surface area (Å²) in [6, 6.07) is 5.84. The Morgan fingerprint density at radius 2 is 1.92 bits per heavy atom. The zero-order chi connectivity index (χ0) is 24.3. The van der Waals surface area contributed by atoms with E-state index in [1.807, 2.05) is 6.20 Å². The van der Waals surface area contributed by atoms with Crippen molar-refractivity contribution < 1.29 is 13.9 Å². The van der Waals surface area contributed by atoms with Gasteiger partial charge in [0.15, 0.2) is 0 Å². The molecule has 1 saturated carbocycles. The number of nitrogen functional groups attached to an aromatic ring is 1. The fourth-order valence-electron chi connectivity index (χ4n) is 6.62. The lowest BCUT2D eigenvalue weighted by Crippen LogP contribution is -2.53. The van der Waals surface area contributed by atoms with Gasteiger partial charge < -0.3 is 25.1 Å². The SMILES string of the molecule is Nc1ncnc2c1c(-c1cc(OCC34CCC(CC3)O4)ccc1F)cn2C1CC(N2CCNCC2)C1. The minimum Gasteiger partial charge on any atom is -0.491 e. The van der Waals surface area contributed by atoms with Gasteiger partial charge in [-0.25, -0.2) is 14.4 Å². The highest BCUT2D eigenvalue weighted by molar-refractivity contribution is 6.01. The van der Waals surface area contributed by atoms with E-state index in [1.165, 1.54) is 12.4 Å². The molecule has 1 aromatic carbocycles. The average molecular weight is 493 g/mol. The topological polar surface area (TPSA) is 90.5 Å². The molecule has 2 bridgehead atoms. The van der Waals surface area contributed by atoms with Crippen LogP contribution in [-0.4, -0.2) is 70.0 Å². The Labute approximate surface area is 210 Å². The van der Waals surface area contributed by atoms with Gasteiger partial charge in [-0.2, -0.15) is 0 Å². The van der Waals surface area contributed by atoms with E-state index in [4.69, 9.17) is 15.2 Å². The molecular weight excluding hydrogens is 459 g/mol. The smallest absolute Gasteiger partial charge is 0.146 e. The molecule has 2 aromatic heterocycles. The molecule has 8 nitrogen and oxygen atoms in total. The molecule has 9 heteroatoms. The normalized spacial score (nSPS) is 30.1. The molecule has 0 spiro atoms. The Kier molecular flexibility index (Phi) is 5.41. The number of nitrogens with zero attached hydrogens (tertiary/aromatic N) is 4. The number of fused-ring (bicyclic) bond motifs is 3. The number of nitrogens with two attached hydrogens (primary N) is 1. The van der Waals surface area contributed by atoms with Crippen LogP contribution >= 0.6 is 0 Å². The first-order chi connectivity index (χ1) is 17.6. The van der Waals surface area contributed by atoms with E-state index in [9.17, 15) is 0 Å². The average Bonchev–Trinajstić information content (AvgIpc) is 3.58. The number of aromatic nitrogens is 3. The van der Waals surface area contributed by atoms with Gasteiger partial charge in [0, 0.05) is 55.6 Å². The highest BCUT2D eigenvalue weighted by Crippen LogP contribution is 2.45. The van der Waals surface area contributed by atoms with Crippen molar-refractivity contribution in [3.8, 4) is 16.9 Å². The number of halogens is 1. The van der Waals surface area contributed by atoms with Crippen molar-refractivity contribution in [1.29, 1.82) is 0 Å². The molecule has 4 fully saturated rings. The van der Waals surface area contributed by atoms with Gasteiger partial charge in [-0.3, -0.25) is 4.90 Å². The molecule has 3 N–H and O–H groups in total. The van der Waals surface area contributed by atoms with Gasteiger partial charge in [0.25, 0.3) is 0 Å². The molecule has 0 radical (unpaired) electrons. The Hall–Kier alpha value is -2.75. The van der Waals surface area contributed by atoms with Crippen molar-refractivity contribution in [3.63, 3.8) is 0 Å². The highest BCUT2D eigenvalue weighted by atomic mass is 19.1. The lowest BCUT2D eigenvalue weighted by molar-refractivity contribution is -0.0198. The van der Waals surface area contributed by atoms with Crippen molar-refractivity contribution in [2.24, 2.45) is 0 Å². The summed E-state index contributed by atoms with van der Waals surface area (Å²) in [5.74, 6) is 0.694. The maximum absolute atomic E-state index is 15.2. The van der Waals surface area contributed by atoms with E-state index in [2.05, 4.69) is 24.8 Å². The first kappa shape index (κ1) is 22.4. The molecule has 0 atom stereocenters. The van der Waals surface area contributed by atoms with E-state index >= 15 is 4.39 Å². The number of hydrogen-bond donors (Lipinski definition) is 2. The minimum atomic E-state index is -0.312. The third kappa shape index (κ3) is 3.76. The van der Waals surface area contributed by atoms with Crippen molar-refractivity contribution in [1.82, 2.24) is 24.8 Å². The minimum absolute atomic E-state index is 0.182. The summed E-state index contributed by atoms with van der Waals surface area (Å²) in [4.78, 5) is 11.4. The lowest BCUT2D eigenvalue weighted by Gasteiger charge is -2.45. The quantitative estimate of drug-likeness (QED) is 0.544. The molecule has 4 aliphatic rings. The van der Waals surface area contributed by atoms with Crippen LogP contribution in [0.5, 0.6) is 5.75 Å². The van der Waals surface area contributed by atoms with Crippen molar-refractivity contribution in [2.75, 3.05) is 38.5 Å². The Morgan fingerprint density at radius 1 is 1.11 bits per heavy atom. The molecule has 7 rings (SSSR count). The molecule has 190 valence electrons. The number of ether oxygens (including phenoxy) is 2.